The zero-order chi connectivity index (χ0) is 12.8. The highest BCUT2D eigenvalue weighted by molar-refractivity contribution is 5.44. The van der Waals surface area contributed by atoms with Gasteiger partial charge in [0.15, 0.2) is 0 Å². The first-order valence-corrected chi connectivity index (χ1v) is 6.04. The van der Waals surface area contributed by atoms with E-state index >= 15 is 0 Å². The number of nitrogens with two attached hydrogens (primary N) is 1. The van der Waals surface area contributed by atoms with Gasteiger partial charge in [0, 0.05) is 31.1 Å². The molecule has 0 spiro atoms. The van der Waals surface area contributed by atoms with Crippen LogP contribution in [0, 0.1) is 5.92 Å². The number of anilines is 1. The van der Waals surface area contributed by atoms with Crippen molar-refractivity contribution in [1.29, 1.82) is 0 Å². The van der Waals surface area contributed by atoms with Crippen molar-refractivity contribution in [2.24, 2.45) is 5.92 Å². The summed E-state index contributed by atoms with van der Waals surface area (Å²) >= 11 is 0. The van der Waals surface area contributed by atoms with Crippen LogP contribution in [0.4, 0.5) is 5.69 Å². The number of nitrogens with zero attached hydrogens (tertiary/aromatic N) is 1. The molecule has 2 unspecified atom stereocenters. The van der Waals surface area contributed by atoms with Gasteiger partial charge in [-0.1, -0.05) is 13.8 Å². The highest BCUT2D eigenvalue weighted by Crippen LogP contribution is 2.18. The van der Waals surface area contributed by atoms with Gasteiger partial charge in [0.2, 0.25) is 0 Å². The minimum atomic E-state index is -0.554. The molecule has 0 saturated heterocycles. The number of nitrogen functional groups attached to an aromatic ring is 1. The molecular formula is C13H22N2O2. The van der Waals surface area contributed by atoms with Gasteiger partial charge in [0.1, 0.15) is 0 Å². The summed E-state index contributed by atoms with van der Waals surface area (Å²) in [5.74, 6) is 0.267. The Hall–Kier alpha value is -1.13. The number of ether oxygens (including phenoxy) is 1. The molecule has 4 nitrogen and oxygen atoms in total. The lowest BCUT2D eigenvalue weighted by Gasteiger charge is -2.26. The molecule has 0 amide bonds. The van der Waals surface area contributed by atoms with Crippen molar-refractivity contribution in [2.45, 2.75) is 39.4 Å². The monoisotopic (exact) mass is 238 g/mol. The molecule has 0 fully saturated rings. The minimum Gasteiger partial charge on any atom is -0.398 e. The summed E-state index contributed by atoms with van der Waals surface area (Å²) in [6, 6.07) is 1.74. The molecule has 1 rings (SSSR count). The van der Waals surface area contributed by atoms with Crippen LogP contribution in [0.5, 0.6) is 0 Å². The van der Waals surface area contributed by atoms with Gasteiger partial charge in [0.25, 0.3) is 0 Å². The van der Waals surface area contributed by atoms with Crippen LogP contribution < -0.4 is 5.73 Å². The van der Waals surface area contributed by atoms with Gasteiger partial charge in [-0.25, -0.2) is 0 Å². The topological polar surface area (TPSA) is 68.4 Å². The average Bonchev–Trinajstić information content (AvgIpc) is 2.28. The number of pyridine rings is 1. The highest BCUT2D eigenvalue weighted by Gasteiger charge is 2.23. The quantitative estimate of drug-likeness (QED) is 0.790. The molecule has 3 N–H and O–H groups in total. The van der Waals surface area contributed by atoms with Crippen molar-refractivity contribution in [1.82, 2.24) is 4.98 Å². The summed E-state index contributed by atoms with van der Waals surface area (Å²) in [5, 5.41) is 10.2. The van der Waals surface area contributed by atoms with Crippen LogP contribution >= 0.6 is 0 Å². The van der Waals surface area contributed by atoms with Gasteiger partial charge in [-0.15, -0.1) is 0 Å². The van der Waals surface area contributed by atoms with Crippen molar-refractivity contribution in [3.8, 4) is 0 Å². The number of hydrogen-bond acceptors (Lipinski definition) is 4. The van der Waals surface area contributed by atoms with Crippen molar-refractivity contribution in [3.63, 3.8) is 0 Å². The van der Waals surface area contributed by atoms with Crippen LogP contribution in [0.25, 0.3) is 0 Å². The fourth-order valence-electron chi connectivity index (χ4n) is 1.89. The lowest BCUT2D eigenvalue weighted by molar-refractivity contribution is -0.0561. The lowest BCUT2D eigenvalue weighted by atomic mass is 9.96. The first-order valence-electron chi connectivity index (χ1n) is 6.04. The van der Waals surface area contributed by atoms with Crippen LogP contribution in [0.3, 0.4) is 0 Å². The molecule has 96 valence electrons. The maximum atomic E-state index is 10.2. The maximum Gasteiger partial charge on any atom is 0.0859 e. The summed E-state index contributed by atoms with van der Waals surface area (Å²) in [7, 11) is 0. The fraction of sp³-hybridized carbons (Fsp3) is 0.615. The Kier molecular flexibility index (Phi) is 5.38. The zero-order valence-corrected chi connectivity index (χ0v) is 10.8. The Labute approximate surface area is 103 Å². The maximum absolute atomic E-state index is 10.2. The van der Waals surface area contributed by atoms with Gasteiger partial charge in [-0.2, -0.15) is 0 Å². The molecule has 0 aliphatic rings. The van der Waals surface area contributed by atoms with Gasteiger partial charge >= 0.3 is 0 Å². The lowest BCUT2D eigenvalue weighted by Crippen LogP contribution is -2.35. The second-order valence-corrected chi connectivity index (χ2v) is 4.51. The van der Waals surface area contributed by atoms with E-state index in [2.05, 4.69) is 4.98 Å². The Morgan fingerprint density at radius 1 is 1.47 bits per heavy atom. The fourth-order valence-corrected chi connectivity index (χ4v) is 1.89. The third kappa shape index (κ3) is 3.98. The molecule has 0 radical (unpaired) electrons. The summed E-state index contributed by atoms with van der Waals surface area (Å²) in [4.78, 5) is 4.02. The molecule has 1 aromatic heterocycles. The molecule has 1 aromatic rings. The minimum absolute atomic E-state index is 0.167. The Balaban J connectivity index is 2.69. The van der Waals surface area contributed by atoms with Crippen LogP contribution in [0.1, 0.15) is 26.3 Å². The number of aromatic nitrogens is 1. The predicted octanol–water partition coefficient (Wildman–Crippen LogP) is 1.63. The highest BCUT2D eigenvalue weighted by atomic mass is 16.5. The van der Waals surface area contributed by atoms with E-state index in [0.717, 1.165) is 5.56 Å². The van der Waals surface area contributed by atoms with E-state index in [1.807, 2.05) is 20.8 Å². The van der Waals surface area contributed by atoms with Crippen LogP contribution in [0.15, 0.2) is 18.5 Å². The number of hydrogen-bond donors (Lipinski definition) is 2. The van der Waals surface area contributed by atoms with Crippen LogP contribution in [-0.4, -0.2) is 28.9 Å². The zero-order valence-electron chi connectivity index (χ0n) is 10.8. The SMILES string of the molecule is CCOC(C(C)C)C(O)Cc1cnccc1N. The van der Waals surface area contributed by atoms with Crippen molar-refractivity contribution < 1.29 is 9.84 Å². The Morgan fingerprint density at radius 2 is 2.18 bits per heavy atom. The largest absolute Gasteiger partial charge is 0.398 e. The van der Waals surface area contributed by atoms with E-state index in [9.17, 15) is 5.11 Å². The van der Waals surface area contributed by atoms with Crippen molar-refractivity contribution in [2.75, 3.05) is 12.3 Å². The molecule has 0 saturated carbocycles. The number of rotatable bonds is 6. The van der Waals surface area contributed by atoms with Crippen LogP contribution in [-0.2, 0) is 11.2 Å². The van der Waals surface area contributed by atoms with Crippen LogP contribution in [0.2, 0.25) is 0 Å². The molecule has 0 aliphatic heterocycles. The molecule has 0 aromatic carbocycles. The van der Waals surface area contributed by atoms with Gasteiger partial charge < -0.3 is 15.6 Å². The third-order valence-electron chi connectivity index (χ3n) is 2.77. The van der Waals surface area contributed by atoms with Gasteiger partial charge in [0.05, 0.1) is 12.2 Å². The number of aliphatic hydroxyl groups excluding tert-OH is 1. The van der Waals surface area contributed by atoms with Crippen molar-refractivity contribution in [3.05, 3.63) is 24.0 Å². The Morgan fingerprint density at radius 3 is 2.71 bits per heavy atom. The second kappa shape index (κ2) is 6.57. The third-order valence-corrected chi connectivity index (χ3v) is 2.77. The van der Waals surface area contributed by atoms with Gasteiger partial charge in [-0.3, -0.25) is 4.98 Å². The Bertz CT molecular complexity index is 342. The van der Waals surface area contributed by atoms with E-state index < -0.39 is 6.10 Å². The molecule has 4 heteroatoms. The summed E-state index contributed by atoms with van der Waals surface area (Å²) in [6.07, 6.45) is 3.10. The van der Waals surface area contributed by atoms with E-state index in [4.69, 9.17) is 10.5 Å². The molecular weight excluding hydrogens is 216 g/mol. The summed E-state index contributed by atoms with van der Waals surface area (Å²) in [5.41, 5.74) is 7.36. The molecule has 17 heavy (non-hydrogen) atoms. The van der Waals surface area contributed by atoms with E-state index in [1.165, 1.54) is 0 Å². The first-order chi connectivity index (χ1) is 8.06. The van der Waals surface area contributed by atoms with E-state index in [0.29, 0.717) is 18.7 Å². The smallest absolute Gasteiger partial charge is 0.0859 e. The summed E-state index contributed by atoms with van der Waals surface area (Å²) < 4.78 is 5.57. The molecule has 2 atom stereocenters. The average molecular weight is 238 g/mol. The summed E-state index contributed by atoms with van der Waals surface area (Å²) in [6.45, 7) is 6.61. The molecule has 0 aliphatic carbocycles. The number of aliphatic hydroxyl groups is 1. The molecule has 1 heterocycles. The van der Waals surface area contributed by atoms with E-state index in [1.54, 1.807) is 18.5 Å². The normalized spacial score (nSPS) is 14.9. The standard InChI is InChI=1S/C13H22N2O2/c1-4-17-13(9(2)3)12(16)7-10-8-15-6-5-11(10)14/h5-6,8-9,12-13,16H,4,7H2,1-3H3,(H2,14,15). The first kappa shape index (κ1) is 13.9. The van der Waals surface area contributed by atoms with Crippen molar-refractivity contribution >= 4 is 5.69 Å². The van der Waals surface area contributed by atoms with E-state index in [-0.39, 0.29) is 12.0 Å². The second-order valence-electron chi connectivity index (χ2n) is 4.51. The predicted molar refractivity (Wildman–Crippen MR) is 68.6 cm³/mol. The molecule has 0 bridgehead atoms. The van der Waals surface area contributed by atoms with Gasteiger partial charge in [-0.05, 0) is 24.5 Å².